The number of imidazole rings is 1. The first-order chi connectivity index (χ1) is 15.9. The van der Waals surface area contributed by atoms with Crippen molar-refractivity contribution in [1.82, 2.24) is 27.9 Å². The molecule has 4 aromatic rings. The first-order valence-electron chi connectivity index (χ1n) is 10.4. The summed E-state index contributed by atoms with van der Waals surface area (Å²) in [6.07, 6.45) is 0.276. The molecule has 0 bridgehead atoms. The number of carbonyl (C=O) groups excluding carboxylic acids is 1. The van der Waals surface area contributed by atoms with Crippen LogP contribution in [-0.2, 0) is 14.8 Å². The van der Waals surface area contributed by atoms with E-state index < -0.39 is 10.0 Å². The lowest BCUT2D eigenvalue weighted by Gasteiger charge is -2.33. The molecule has 3 heterocycles. The fourth-order valence-corrected chi connectivity index (χ4v) is 6.09. The molecule has 5 rings (SSSR count). The van der Waals surface area contributed by atoms with Crippen LogP contribution >= 0.6 is 11.7 Å². The Morgan fingerprint density at radius 2 is 1.85 bits per heavy atom. The first kappa shape index (κ1) is 21.7. The number of rotatable bonds is 6. The van der Waals surface area contributed by atoms with Crippen LogP contribution in [0.15, 0.2) is 46.1 Å². The van der Waals surface area contributed by atoms with Gasteiger partial charge in [-0.2, -0.15) is 13.1 Å². The molecule has 172 valence electrons. The Morgan fingerprint density at radius 3 is 2.67 bits per heavy atom. The number of hydrogen-bond donors (Lipinski definition) is 3. The summed E-state index contributed by atoms with van der Waals surface area (Å²) in [6.45, 7) is 2.28. The minimum Gasteiger partial charge on any atom is -0.326 e. The van der Waals surface area contributed by atoms with Crippen LogP contribution in [0.5, 0.6) is 0 Å². The number of H-pyrrole nitrogens is 2. The number of aromatic nitrogens is 4. The van der Waals surface area contributed by atoms with Gasteiger partial charge in [0.05, 0.1) is 22.8 Å². The third kappa shape index (κ3) is 4.39. The molecule has 3 N–H and O–H groups in total. The lowest BCUT2D eigenvalue weighted by molar-refractivity contribution is -0.116. The van der Waals surface area contributed by atoms with Crippen LogP contribution in [0, 0.1) is 0 Å². The highest BCUT2D eigenvalue weighted by Gasteiger charge is 2.30. The van der Waals surface area contributed by atoms with Crippen LogP contribution in [0.25, 0.3) is 22.1 Å². The molecule has 0 aliphatic carbocycles. The molecular formula is C20H21N7O4S2. The highest BCUT2D eigenvalue weighted by Crippen LogP contribution is 2.25. The molecule has 1 saturated heterocycles. The van der Waals surface area contributed by atoms with Gasteiger partial charge in [0, 0.05) is 44.8 Å². The second-order valence-electron chi connectivity index (χ2n) is 7.77. The molecule has 1 aliphatic heterocycles. The fourth-order valence-electron chi connectivity index (χ4n) is 3.92. The van der Waals surface area contributed by atoms with Gasteiger partial charge >= 0.3 is 5.69 Å². The first-order valence-corrected chi connectivity index (χ1v) is 12.5. The number of anilines is 1. The molecule has 13 heteroatoms. The van der Waals surface area contributed by atoms with E-state index in [-0.39, 0.29) is 22.9 Å². The Hall–Kier alpha value is -3.13. The fraction of sp³-hybridized carbons (Fsp3) is 0.300. The molecule has 2 aromatic heterocycles. The predicted octanol–water partition coefficient (Wildman–Crippen LogP) is 1.20. The predicted molar refractivity (Wildman–Crippen MR) is 125 cm³/mol. The van der Waals surface area contributed by atoms with Gasteiger partial charge in [0.1, 0.15) is 15.9 Å². The van der Waals surface area contributed by atoms with Crippen molar-refractivity contribution in [3.8, 4) is 0 Å². The number of benzene rings is 2. The number of nitrogens with one attached hydrogen (secondary N) is 3. The molecular weight excluding hydrogens is 466 g/mol. The number of amides is 1. The molecule has 1 fully saturated rings. The molecule has 0 spiro atoms. The molecule has 0 atom stereocenters. The minimum atomic E-state index is -3.67. The summed E-state index contributed by atoms with van der Waals surface area (Å²) in [7, 11) is -3.67. The maximum Gasteiger partial charge on any atom is 0.323 e. The summed E-state index contributed by atoms with van der Waals surface area (Å²) >= 11 is 0.995. The molecule has 1 aliphatic rings. The molecule has 2 aromatic carbocycles. The van der Waals surface area contributed by atoms with E-state index in [1.807, 2.05) is 0 Å². The van der Waals surface area contributed by atoms with Gasteiger partial charge in [-0.3, -0.25) is 4.79 Å². The van der Waals surface area contributed by atoms with Crippen molar-refractivity contribution in [2.45, 2.75) is 11.3 Å². The summed E-state index contributed by atoms with van der Waals surface area (Å²) in [4.78, 5) is 31.3. The Balaban J connectivity index is 1.15. The number of carbonyl (C=O) groups is 1. The quantitative estimate of drug-likeness (QED) is 0.371. The highest BCUT2D eigenvalue weighted by molar-refractivity contribution is 7.89. The molecule has 0 unspecified atom stereocenters. The third-order valence-electron chi connectivity index (χ3n) is 5.65. The lowest BCUT2D eigenvalue weighted by atomic mass is 10.2. The van der Waals surface area contributed by atoms with E-state index in [1.165, 1.54) is 4.31 Å². The largest absolute Gasteiger partial charge is 0.326 e. The van der Waals surface area contributed by atoms with E-state index in [4.69, 9.17) is 0 Å². The van der Waals surface area contributed by atoms with E-state index in [0.717, 1.165) is 11.7 Å². The van der Waals surface area contributed by atoms with Gasteiger partial charge in [0.25, 0.3) is 0 Å². The van der Waals surface area contributed by atoms with Crippen LogP contribution in [0.3, 0.4) is 0 Å². The zero-order chi connectivity index (χ0) is 23.0. The Kier molecular flexibility index (Phi) is 5.70. The second kappa shape index (κ2) is 8.67. The van der Waals surface area contributed by atoms with Crippen molar-refractivity contribution in [3.05, 3.63) is 46.9 Å². The van der Waals surface area contributed by atoms with Crippen molar-refractivity contribution in [2.24, 2.45) is 0 Å². The standard InChI is InChI=1S/C20H21N7O4S2/c28-18(21-13-4-5-14-16(12-13)23-20(29)22-14)6-7-26-8-10-27(11-9-26)33(30,31)17-3-1-2-15-19(17)25-32-24-15/h1-5,12H,6-11H2,(H,21,28)(H2,22,23,29). The van der Waals surface area contributed by atoms with Gasteiger partial charge in [-0.1, -0.05) is 6.07 Å². The summed E-state index contributed by atoms with van der Waals surface area (Å²) in [5.74, 6) is -0.148. The number of piperazine rings is 1. The normalized spacial score (nSPS) is 15.9. The zero-order valence-corrected chi connectivity index (χ0v) is 19.1. The summed E-state index contributed by atoms with van der Waals surface area (Å²) in [5.41, 5.74) is 2.59. The summed E-state index contributed by atoms with van der Waals surface area (Å²) < 4.78 is 36.0. The maximum absolute atomic E-state index is 13.1. The van der Waals surface area contributed by atoms with E-state index in [9.17, 15) is 18.0 Å². The van der Waals surface area contributed by atoms with Gasteiger partial charge in [0.2, 0.25) is 15.9 Å². The van der Waals surface area contributed by atoms with Gasteiger partial charge in [-0.15, -0.1) is 0 Å². The molecule has 1 amide bonds. The Labute approximate surface area is 192 Å². The van der Waals surface area contributed by atoms with Crippen LogP contribution in [0.2, 0.25) is 0 Å². The minimum absolute atomic E-state index is 0.148. The van der Waals surface area contributed by atoms with Crippen molar-refractivity contribution >= 4 is 55.4 Å². The van der Waals surface area contributed by atoms with E-state index in [1.54, 1.807) is 36.4 Å². The van der Waals surface area contributed by atoms with Crippen LogP contribution in [-0.4, -0.2) is 75.0 Å². The van der Waals surface area contributed by atoms with Crippen LogP contribution in [0.4, 0.5) is 5.69 Å². The topological polar surface area (TPSA) is 144 Å². The molecule has 33 heavy (non-hydrogen) atoms. The average molecular weight is 488 g/mol. The summed E-state index contributed by atoms with van der Waals surface area (Å²) in [6, 6.07) is 10.1. The highest BCUT2D eigenvalue weighted by atomic mass is 32.2. The van der Waals surface area contributed by atoms with Crippen molar-refractivity contribution in [1.29, 1.82) is 0 Å². The number of fused-ring (bicyclic) bond motifs is 2. The van der Waals surface area contributed by atoms with Crippen molar-refractivity contribution in [3.63, 3.8) is 0 Å². The maximum atomic E-state index is 13.1. The average Bonchev–Trinajstić information content (AvgIpc) is 3.43. The van der Waals surface area contributed by atoms with Crippen LogP contribution in [0.1, 0.15) is 6.42 Å². The zero-order valence-electron chi connectivity index (χ0n) is 17.4. The number of aromatic amines is 2. The summed E-state index contributed by atoms with van der Waals surface area (Å²) in [5, 5.41) is 2.83. The number of sulfonamides is 1. The van der Waals surface area contributed by atoms with Gasteiger partial charge in [-0.25, -0.2) is 13.2 Å². The van der Waals surface area contributed by atoms with Crippen molar-refractivity contribution < 1.29 is 13.2 Å². The Morgan fingerprint density at radius 1 is 1.06 bits per heavy atom. The second-order valence-corrected chi connectivity index (χ2v) is 10.2. The SMILES string of the molecule is O=C(CCN1CCN(S(=O)(=O)c2cccc3nsnc23)CC1)Nc1ccc2[nH]c(=O)[nH]c2c1. The Bertz CT molecular complexity index is 1480. The third-order valence-corrected chi connectivity index (χ3v) is 8.13. The van der Waals surface area contributed by atoms with Crippen molar-refractivity contribution in [2.75, 3.05) is 38.0 Å². The van der Waals surface area contributed by atoms with Gasteiger partial charge < -0.3 is 20.2 Å². The smallest absolute Gasteiger partial charge is 0.323 e. The van der Waals surface area contributed by atoms with Gasteiger partial charge in [0.15, 0.2) is 0 Å². The van der Waals surface area contributed by atoms with E-state index in [2.05, 4.69) is 28.9 Å². The lowest BCUT2D eigenvalue weighted by Crippen LogP contribution is -2.49. The monoisotopic (exact) mass is 487 g/mol. The van der Waals surface area contributed by atoms with E-state index in [0.29, 0.717) is 60.5 Å². The molecule has 0 radical (unpaired) electrons. The van der Waals surface area contributed by atoms with Crippen LogP contribution < -0.4 is 11.0 Å². The molecule has 11 nitrogen and oxygen atoms in total. The van der Waals surface area contributed by atoms with Gasteiger partial charge in [-0.05, 0) is 30.3 Å². The number of hydrogen-bond acceptors (Lipinski definition) is 8. The number of nitrogens with zero attached hydrogens (tertiary/aromatic N) is 4. The van der Waals surface area contributed by atoms with E-state index >= 15 is 0 Å². The molecule has 0 saturated carbocycles.